The molecule has 0 aromatic rings. The molecule has 0 amide bonds. The number of hydrogen-bond donors (Lipinski definition) is 0. The third-order valence-corrected chi connectivity index (χ3v) is 0. The quantitative estimate of drug-likeness (QED) is 0.609. The van der Waals surface area contributed by atoms with E-state index >= 15 is 0 Å². The number of hydrogen-bond acceptors (Lipinski definition) is 0. The van der Waals surface area contributed by atoms with E-state index in [0.29, 0.717) is 0 Å². The monoisotopic (exact) mass is 293 g/mol. The van der Waals surface area contributed by atoms with Gasteiger partial charge in [-0.05, 0) is 0 Å². The summed E-state index contributed by atoms with van der Waals surface area (Å²) in [5.41, 5.74) is 0. The van der Waals surface area contributed by atoms with Gasteiger partial charge in [0, 0.05) is 25.8 Å². The van der Waals surface area contributed by atoms with Gasteiger partial charge in [0.05, 0.1) is 0 Å². The van der Waals surface area contributed by atoms with Crippen LogP contribution < -0.4 is 0 Å². The van der Waals surface area contributed by atoms with Crippen LogP contribution in [0.3, 0.4) is 0 Å². The van der Waals surface area contributed by atoms with Crippen LogP contribution in [0.4, 0.5) is 0 Å². The van der Waals surface area contributed by atoms with E-state index in [4.69, 9.17) is 0 Å². The molecule has 6 heavy (non-hydrogen) atoms. The molecule has 0 atom stereocenters. The molecule has 0 fully saturated rings. The van der Waals surface area contributed by atoms with Crippen molar-refractivity contribution in [3.8, 4) is 0 Å². The van der Waals surface area contributed by atoms with Gasteiger partial charge in [0.15, 0.2) is 0 Å². The van der Waals surface area contributed by atoms with Crippen molar-refractivity contribution < 1.29 is 5.48 Å². The van der Waals surface area contributed by atoms with Crippen molar-refractivity contribution in [3.05, 3.63) is 0 Å². The van der Waals surface area contributed by atoms with Crippen LogP contribution in [0, 0.1) is 0 Å². The second-order valence-corrected chi connectivity index (χ2v) is 11.6. The van der Waals surface area contributed by atoms with Crippen molar-refractivity contribution in [1.82, 2.24) is 0 Å². The maximum atomic E-state index is 2.38. The molecule has 0 saturated carbocycles. The topological polar surface area (TPSA) is 31.5 Å². The normalized spacial score (nSPS) is 4.50. The summed E-state index contributed by atoms with van der Waals surface area (Å²) in [6.07, 6.45) is 0. The molecule has 0 aliphatic heterocycles. The van der Waals surface area contributed by atoms with Gasteiger partial charge in [-0.1, -0.05) is 0 Å². The first-order valence-electron chi connectivity index (χ1n) is 1.73. The van der Waals surface area contributed by atoms with Gasteiger partial charge < -0.3 is 5.48 Å². The molecular formula is C3H11In2O. The van der Waals surface area contributed by atoms with E-state index in [9.17, 15) is 0 Å². The molecule has 1 nitrogen and oxygen atoms in total. The molecule has 0 aliphatic carbocycles. The van der Waals surface area contributed by atoms with Gasteiger partial charge in [-0.25, -0.2) is 0 Å². The first-order valence-corrected chi connectivity index (χ1v) is 11.6. The van der Waals surface area contributed by atoms with Crippen molar-refractivity contribution in [2.45, 2.75) is 14.0 Å². The second-order valence-electron chi connectivity index (χ2n) is 1.73. The molecule has 0 spiro atoms. The smallest absolute Gasteiger partial charge is 0 e. The van der Waals surface area contributed by atoms with Crippen LogP contribution in [0.15, 0.2) is 0 Å². The van der Waals surface area contributed by atoms with E-state index in [1.807, 2.05) is 0 Å². The first-order chi connectivity index (χ1) is 1.73. The van der Waals surface area contributed by atoms with Crippen molar-refractivity contribution in [2.75, 3.05) is 0 Å². The van der Waals surface area contributed by atoms with E-state index in [2.05, 4.69) is 14.0 Å². The van der Waals surface area contributed by atoms with Crippen molar-refractivity contribution in [3.63, 3.8) is 0 Å². The number of rotatable bonds is 0. The van der Waals surface area contributed by atoms with Crippen molar-refractivity contribution >= 4 is 47.3 Å². The van der Waals surface area contributed by atoms with Crippen LogP contribution in [0.2, 0.25) is 14.0 Å². The molecule has 0 heterocycles. The van der Waals surface area contributed by atoms with E-state index < -0.39 is 21.4 Å². The maximum Gasteiger partial charge on any atom is 0 e. The molecule has 3 radical (unpaired) electrons. The van der Waals surface area contributed by atoms with Gasteiger partial charge in [-0.15, -0.1) is 0 Å². The molecule has 0 aliphatic rings. The van der Waals surface area contributed by atoms with Crippen LogP contribution >= 0.6 is 0 Å². The largest absolute Gasteiger partial charge is 0 e. The zero-order chi connectivity index (χ0) is 3.58. The molecule has 35 valence electrons. The SMILES string of the molecule is O.[CH3][In]([CH3])[CH3].[In]. The summed E-state index contributed by atoms with van der Waals surface area (Å²) in [4.78, 5) is 0. The third kappa shape index (κ3) is 43.6. The Balaban J connectivity index is -0.0000000450. The van der Waals surface area contributed by atoms with Gasteiger partial charge in [-0.3, -0.25) is 0 Å². The van der Waals surface area contributed by atoms with Gasteiger partial charge in [0.1, 0.15) is 0 Å². The molecule has 0 bridgehead atoms. The summed E-state index contributed by atoms with van der Waals surface area (Å²) in [6.45, 7) is 0. The Morgan fingerprint density at radius 3 is 1.00 bits per heavy atom. The summed E-state index contributed by atoms with van der Waals surface area (Å²) in [5, 5.41) is 0. The van der Waals surface area contributed by atoms with Crippen LogP contribution in [0.5, 0.6) is 0 Å². The Bertz CT molecular complexity index is 13.5. The fraction of sp³-hybridized carbons (Fsp3) is 1.00. The molecule has 0 aromatic heterocycles. The third-order valence-electron chi connectivity index (χ3n) is 0. The van der Waals surface area contributed by atoms with Crippen LogP contribution in [-0.4, -0.2) is 52.8 Å². The van der Waals surface area contributed by atoms with E-state index in [1.54, 1.807) is 0 Å². The maximum absolute atomic E-state index is 2.38. The molecule has 2 N–H and O–H groups in total. The first kappa shape index (κ1) is 15.6. The predicted molar refractivity (Wildman–Crippen MR) is 32.7 cm³/mol. The minimum atomic E-state index is -0.637. The molecule has 3 heteroatoms. The zero-order valence-electron chi connectivity index (χ0n) is 4.65. The van der Waals surface area contributed by atoms with E-state index in [-0.39, 0.29) is 31.3 Å². The Labute approximate surface area is 66.1 Å². The van der Waals surface area contributed by atoms with Crippen LogP contribution in [0.25, 0.3) is 0 Å². The molecular weight excluding hydrogens is 282 g/mol. The predicted octanol–water partition coefficient (Wildman–Crippen LogP) is 0.165. The van der Waals surface area contributed by atoms with Gasteiger partial charge in [0.2, 0.25) is 0 Å². The van der Waals surface area contributed by atoms with Crippen LogP contribution in [-0.2, 0) is 0 Å². The Morgan fingerprint density at radius 1 is 1.00 bits per heavy atom. The molecule has 0 saturated heterocycles. The molecule has 0 aromatic carbocycles. The summed E-state index contributed by atoms with van der Waals surface area (Å²) in [5.74, 6) is 0. The second kappa shape index (κ2) is 9.85. The minimum Gasteiger partial charge on any atom is 0 e. The van der Waals surface area contributed by atoms with Crippen molar-refractivity contribution in [2.24, 2.45) is 0 Å². The fourth-order valence-corrected chi connectivity index (χ4v) is 0. The Hall–Kier alpha value is 1.70. The Kier molecular flexibility index (Phi) is 25.7. The van der Waals surface area contributed by atoms with Gasteiger partial charge in [-0.2, -0.15) is 0 Å². The average Bonchev–Trinajstić information content (AvgIpc) is 0.811. The van der Waals surface area contributed by atoms with Gasteiger partial charge >= 0.3 is 35.5 Å². The Morgan fingerprint density at radius 2 is 1.00 bits per heavy atom. The average molecular weight is 293 g/mol. The molecule has 0 rings (SSSR count). The fourth-order valence-electron chi connectivity index (χ4n) is 0. The van der Waals surface area contributed by atoms with Crippen LogP contribution in [0.1, 0.15) is 0 Å². The van der Waals surface area contributed by atoms with Gasteiger partial charge in [0.25, 0.3) is 0 Å². The zero-order valence-corrected chi connectivity index (χ0v) is 11.2. The standard InChI is InChI=1S/3CH3.2In.H2O/h3*1H3;;;1H2. The minimum absolute atomic E-state index is 0. The summed E-state index contributed by atoms with van der Waals surface area (Å²) in [6, 6.07) is 0. The van der Waals surface area contributed by atoms with E-state index in [0.717, 1.165) is 0 Å². The summed E-state index contributed by atoms with van der Waals surface area (Å²) >= 11 is -0.637. The summed E-state index contributed by atoms with van der Waals surface area (Å²) < 4.78 is 7.13. The summed E-state index contributed by atoms with van der Waals surface area (Å²) in [7, 11) is 0. The molecule has 0 unspecified atom stereocenters. The van der Waals surface area contributed by atoms with E-state index in [1.165, 1.54) is 0 Å². The van der Waals surface area contributed by atoms with Crippen molar-refractivity contribution in [1.29, 1.82) is 0 Å².